The summed E-state index contributed by atoms with van der Waals surface area (Å²) in [6.45, 7) is 4.55. The average molecular weight is 508 g/mol. The second kappa shape index (κ2) is 11.4. The highest BCUT2D eigenvalue weighted by atomic mass is 16.6. The molecule has 1 aliphatic rings. The van der Waals surface area contributed by atoms with Gasteiger partial charge in [-0.25, -0.2) is 4.79 Å². The normalized spacial score (nSPS) is 18.3. The fourth-order valence-corrected chi connectivity index (χ4v) is 5.09. The van der Waals surface area contributed by atoms with E-state index in [-0.39, 0.29) is 18.4 Å². The lowest BCUT2D eigenvalue weighted by atomic mass is 9.74. The highest BCUT2D eigenvalue weighted by Gasteiger charge is 2.41. The molecule has 0 saturated heterocycles. The summed E-state index contributed by atoms with van der Waals surface area (Å²) in [5.41, 5.74) is 5.46. The van der Waals surface area contributed by atoms with Gasteiger partial charge in [-0.05, 0) is 46.4 Å². The van der Waals surface area contributed by atoms with E-state index in [4.69, 9.17) is 14.2 Å². The Labute approximate surface area is 224 Å². The first-order valence-electron chi connectivity index (χ1n) is 13.0. The number of para-hydroxylation sites is 1. The lowest BCUT2D eigenvalue weighted by Gasteiger charge is -2.40. The highest BCUT2D eigenvalue weighted by molar-refractivity contribution is 5.68. The third-order valence-electron chi connectivity index (χ3n) is 7.13. The van der Waals surface area contributed by atoms with Crippen molar-refractivity contribution < 1.29 is 19.0 Å². The standard InChI is InChI=1S/C33H33NO4/c1-22(2)24-13-15-26(16-14-24)31-30(25-17-19-27(36-3)20-18-25)28-11-7-8-12-29(28)38-32(31)34-33(35)37-21-23-9-5-4-6-10-23/h4-20,22,30-32H,21H2,1-3H3,(H,34,35)/t30-,31+,32+/m1/s1. The van der Waals surface area contributed by atoms with Crippen LogP contribution < -0.4 is 14.8 Å². The van der Waals surface area contributed by atoms with E-state index >= 15 is 0 Å². The molecule has 4 aromatic carbocycles. The van der Waals surface area contributed by atoms with Gasteiger partial charge in [0.1, 0.15) is 18.1 Å². The van der Waals surface area contributed by atoms with Crippen molar-refractivity contribution in [2.75, 3.05) is 7.11 Å². The van der Waals surface area contributed by atoms with Crippen LogP contribution in [0, 0.1) is 0 Å². The number of carbonyl (C=O) groups is 1. The molecule has 194 valence electrons. The summed E-state index contributed by atoms with van der Waals surface area (Å²) in [6.07, 6.45) is -1.15. The number of benzene rings is 4. The molecular formula is C33H33NO4. The van der Waals surface area contributed by atoms with Crippen molar-refractivity contribution in [2.24, 2.45) is 0 Å². The molecule has 1 amide bonds. The van der Waals surface area contributed by atoms with Gasteiger partial charge in [-0.2, -0.15) is 0 Å². The van der Waals surface area contributed by atoms with Crippen molar-refractivity contribution in [3.05, 3.63) is 131 Å². The van der Waals surface area contributed by atoms with Crippen LogP contribution in [0.2, 0.25) is 0 Å². The topological polar surface area (TPSA) is 56.8 Å². The van der Waals surface area contributed by atoms with Gasteiger partial charge in [0.25, 0.3) is 0 Å². The fraction of sp³-hybridized carbons (Fsp3) is 0.242. The number of alkyl carbamates (subject to hydrolysis) is 1. The van der Waals surface area contributed by atoms with Crippen LogP contribution in [0.1, 0.15) is 59.4 Å². The van der Waals surface area contributed by atoms with E-state index in [0.717, 1.165) is 33.8 Å². The second-order valence-electron chi connectivity index (χ2n) is 9.88. The Morgan fingerprint density at radius 3 is 2.18 bits per heavy atom. The number of carbonyl (C=O) groups excluding carboxylic acids is 1. The number of hydrogen-bond donors (Lipinski definition) is 1. The first kappa shape index (κ1) is 25.4. The quantitative estimate of drug-likeness (QED) is 0.284. The van der Waals surface area contributed by atoms with E-state index in [2.05, 4.69) is 61.6 Å². The third-order valence-corrected chi connectivity index (χ3v) is 7.13. The molecule has 0 fully saturated rings. The van der Waals surface area contributed by atoms with Crippen LogP contribution in [0.3, 0.4) is 0 Å². The molecule has 0 aliphatic carbocycles. The van der Waals surface area contributed by atoms with Crippen LogP contribution in [0.5, 0.6) is 11.5 Å². The van der Waals surface area contributed by atoms with E-state index < -0.39 is 12.3 Å². The van der Waals surface area contributed by atoms with E-state index in [1.54, 1.807) is 7.11 Å². The number of fused-ring (bicyclic) bond motifs is 1. The van der Waals surface area contributed by atoms with Gasteiger partial charge in [-0.15, -0.1) is 0 Å². The zero-order chi connectivity index (χ0) is 26.5. The summed E-state index contributed by atoms with van der Waals surface area (Å²) in [5, 5.41) is 3.03. The lowest BCUT2D eigenvalue weighted by molar-refractivity contribution is 0.0803. The molecule has 1 heterocycles. The predicted octanol–water partition coefficient (Wildman–Crippen LogP) is 7.38. The Morgan fingerprint density at radius 2 is 1.50 bits per heavy atom. The molecule has 1 aliphatic heterocycles. The maximum atomic E-state index is 13.0. The molecule has 5 heteroatoms. The van der Waals surface area contributed by atoms with Crippen molar-refractivity contribution >= 4 is 6.09 Å². The summed E-state index contributed by atoms with van der Waals surface area (Å²) in [7, 11) is 1.67. The molecule has 0 bridgehead atoms. The van der Waals surface area contributed by atoms with Crippen molar-refractivity contribution in [2.45, 2.75) is 44.4 Å². The summed E-state index contributed by atoms with van der Waals surface area (Å²) in [4.78, 5) is 13.0. The highest BCUT2D eigenvalue weighted by Crippen LogP contribution is 2.48. The van der Waals surface area contributed by atoms with Crippen molar-refractivity contribution in [3.8, 4) is 11.5 Å². The lowest BCUT2D eigenvalue weighted by Crippen LogP contribution is -2.47. The third kappa shape index (κ3) is 5.52. The summed E-state index contributed by atoms with van der Waals surface area (Å²) in [5.74, 6) is 1.72. The first-order valence-corrected chi connectivity index (χ1v) is 13.0. The van der Waals surface area contributed by atoms with Crippen molar-refractivity contribution in [1.82, 2.24) is 5.32 Å². The van der Waals surface area contributed by atoms with E-state index in [1.807, 2.05) is 60.7 Å². The van der Waals surface area contributed by atoms with Crippen LogP contribution >= 0.6 is 0 Å². The first-order chi connectivity index (χ1) is 18.5. The molecular weight excluding hydrogens is 474 g/mol. The van der Waals surface area contributed by atoms with E-state index in [0.29, 0.717) is 5.92 Å². The largest absolute Gasteiger partial charge is 0.497 e. The van der Waals surface area contributed by atoms with Crippen LogP contribution in [0.4, 0.5) is 4.79 Å². The molecule has 0 radical (unpaired) electrons. The zero-order valence-electron chi connectivity index (χ0n) is 22.0. The molecule has 5 rings (SSSR count). The number of rotatable bonds is 7. The molecule has 38 heavy (non-hydrogen) atoms. The number of nitrogens with one attached hydrogen (secondary N) is 1. The molecule has 0 spiro atoms. The number of methoxy groups -OCH3 is 1. The maximum Gasteiger partial charge on any atom is 0.410 e. The van der Waals surface area contributed by atoms with Crippen LogP contribution in [-0.2, 0) is 11.3 Å². The smallest absolute Gasteiger partial charge is 0.410 e. The molecule has 1 N–H and O–H groups in total. The minimum atomic E-state index is -0.634. The number of amides is 1. The van der Waals surface area contributed by atoms with Gasteiger partial charge >= 0.3 is 6.09 Å². The second-order valence-corrected chi connectivity index (χ2v) is 9.88. The average Bonchev–Trinajstić information content (AvgIpc) is 2.96. The van der Waals surface area contributed by atoms with Crippen molar-refractivity contribution in [1.29, 1.82) is 0 Å². The maximum absolute atomic E-state index is 13.0. The van der Waals surface area contributed by atoms with Gasteiger partial charge in [0, 0.05) is 11.5 Å². The SMILES string of the molecule is COc1ccc([C@@H]2c3ccccc3O[C@H](NC(=O)OCc3ccccc3)[C@H]2c2ccc(C(C)C)cc2)cc1. The van der Waals surface area contributed by atoms with E-state index in [9.17, 15) is 4.79 Å². The molecule has 0 aromatic heterocycles. The Balaban J connectivity index is 1.52. The summed E-state index contributed by atoms with van der Waals surface area (Å²) in [6, 6.07) is 34.4. The van der Waals surface area contributed by atoms with Gasteiger partial charge in [0.05, 0.1) is 13.0 Å². The van der Waals surface area contributed by atoms with Crippen LogP contribution in [0.15, 0.2) is 103 Å². The molecule has 5 nitrogen and oxygen atoms in total. The van der Waals surface area contributed by atoms with Gasteiger partial charge < -0.3 is 14.2 Å². The van der Waals surface area contributed by atoms with Gasteiger partial charge in [-0.1, -0.05) is 98.8 Å². The minimum absolute atomic E-state index is 0.0600. The van der Waals surface area contributed by atoms with Crippen molar-refractivity contribution in [3.63, 3.8) is 0 Å². The Morgan fingerprint density at radius 1 is 0.842 bits per heavy atom. The van der Waals surface area contributed by atoms with Crippen LogP contribution in [0.25, 0.3) is 0 Å². The summed E-state index contributed by atoms with van der Waals surface area (Å²) < 4.78 is 17.4. The van der Waals surface area contributed by atoms with Crippen LogP contribution in [-0.4, -0.2) is 19.4 Å². The molecule has 0 unspecified atom stereocenters. The molecule has 4 aromatic rings. The van der Waals surface area contributed by atoms with Gasteiger partial charge in [0.15, 0.2) is 6.23 Å². The zero-order valence-corrected chi connectivity index (χ0v) is 22.0. The van der Waals surface area contributed by atoms with E-state index in [1.165, 1.54) is 5.56 Å². The number of ether oxygens (including phenoxy) is 3. The van der Waals surface area contributed by atoms with Gasteiger partial charge in [-0.3, -0.25) is 5.32 Å². The minimum Gasteiger partial charge on any atom is -0.497 e. The fourth-order valence-electron chi connectivity index (χ4n) is 5.09. The Kier molecular flexibility index (Phi) is 7.64. The number of hydrogen-bond acceptors (Lipinski definition) is 4. The summed E-state index contributed by atoms with van der Waals surface area (Å²) >= 11 is 0. The Hall–Kier alpha value is -4.25. The monoisotopic (exact) mass is 507 g/mol. The molecule has 3 atom stereocenters. The predicted molar refractivity (Wildman–Crippen MR) is 149 cm³/mol. The van der Waals surface area contributed by atoms with Gasteiger partial charge in [0.2, 0.25) is 0 Å². The Bertz CT molecular complexity index is 1350. The molecule has 0 saturated carbocycles.